The molecule has 5 saturated heterocycles. The molecule has 0 saturated carbocycles. The van der Waals surface area contributed by atoms with Gasteiger partial charge in [-0.2, -0.15) is 0 Å². The van der Waals surface area contributed by atoms with E-state index in [0.717, 1.165) is 19.8 Å². The van der Waals surface area contributed by atoms with E-state index in [9.17, 15) is 76.3 Å². The van der Waals surface area contributed by atoms with E-state index in [2.05, 4.69) is 5.32 Å². The van der Waals surface area contributed by atoms with Crippen LogP contribution >= 0.6 is 0 Å². The van der Waals surface area contributed by atoms with Crippen LogP contribution in [0.25, 0.3) is 0 Å². The molecule has 71 heavy (non-hydrogen) atoms. The molecule has 0 aliphatic carbocycles. The molecule has 5 aliphatic rings. The topological polar surface area (TPSA) is 440 Å². The van der Waals surface area contributed by atoms with E-state index in [-0.39, 0.29) is 13.2 Å². The monoisotopic (exact) mass is 1030 g/mol. The molecular formula is C43H70N2O26. The van der Waals surface area contributed by atoms with Crippen molar-refractivity contribution in [2.24, 2.45) is 5.73 Å². The summed E-state index contributed by atoms with van der Waals surface area (Å²) in [5.41, 5.74) is 5.57. The lowest BCUT2D eigenvalue weighted by atomic mass is 9.94. The Morgan fingerprint density at radius 2 is 0.972 bits per heavy atom. The lowest BCUT2D eigenvalue weighted by molar-refractivity contribution is -0.388. The van der Waals surface area contributed by atoms with E-state index >= 15 is 0 Å². The minimum absolute atomic E-state index is 0.150. The van der Waals surface area contributed by atoms with Crippen LogP contribution in [0, 0.1) is 0 Å². The van der Waals surface area contributed by atoms with Crippen LogP contribution in [-0.2, 0) is 52.2 Å². The van der Waals surface area contributed by atoms with Crippen LogP contribution in [0.2, 0.25) is 0 Å². The van der Waals surface area contributed by atoms with Crippen LogP contribution in [0.4, 0.5) is 0 Å². The molecule has 10 unspecified atom stereocenters. The van der Waals surface area contributed by atoms with Crippen molar-refractivity contribution in [1.29, 1.82) is 0 Å². The number of hydrogen-bond donors (Lipinski definition) is 16. The number of unbranched alkanes of at least 4 members (excludes halogenated alkanes) is 2. The summed E-state index contributed by atoms with van der Waals surface area (Å²) in [6.45, 7) is -2.32. The van der Waals surface area contributed by atoms with Gasteiger partial charge >= 0.3 is 0 Å². The van der Waals surface area contributed by atoms with E-state index in [0.29, 0.717) is 18.7 Å². The number of aliphatic hydroxyl groups is 14. The Labute approximate surface area is 406 Å². The summed E-state index contributed by atoms with van der Waals surface area (Å²) in [6.07, 6.45) is -40.9. The third kappa shape index (κ3) is 13.7. The molecule has 5 heterocycles. The fourth-order valence-corrected chi connectivity index (χ4v) is 8.86. The molecule has 1 amide bonds. The smallest absolute Gasteiger partial charge is 0.217 e. The van der Waals surface area contributed by atoms with Gasteiger partial charge in [-0.1, -0.05) is 18.2 Å². The Bertz CT molecular complexity index is 1730. The van der Waals surface area contributed by atoms with Crippen molar-refractivity contribution < 1.29 is 128 Å². The molecule has 0 aromatic heterocycles. The summed E-state index contributed by atoms with van der Waals surface area (Å²) in [5.74, 6) is -0.387. The van der Waals surface area contributed by atoms with Crippen LogP contribution in [0.1, 0.15) is 26.2 Å². The SMILES string of the molecule is CC(=O)N[C@H]1C(O[C@@H]2OC(CO)[C@H](O)C(O)[C@@H]2O)[C@@H](O)C(CO)O[C@H]1O[C@@H]1C(O)[C@@H](O[C@H]2C(CO)O[C@@H](O[C@@H]3C(COc4ccccc4)O[C@@H](OCCCCCN)[C@@H](O)C3O)[C@@H](O)C2O)OC(CO)[C@@H]1O. The molecule has 0 spiro atoms. The Morgan fingerprint density at radius 1 is 0.507 bits per heavy atom. The molecule has 17 N–H and O–H groups in total. The van der Waals surface area contributed by atoms with Gasteiger partial charge in [-0.15, -0.1) is 0 Å². The second-order valence-corrected chi connectivity index (χ2v) is 17.8. The van der Waals surface area contributed by atoms with Crippen LogP contribution in [0.5, 0.6) is 5.75 Å². The van der Waals surface area contributed by atoms with Gasteiger partial charge in [0.25, 0.3) is 0 Å². The molecule has 0 radical (unpaired) electrons. The number of aliphatic hydroxyl groups excluding tert-OH is 14. The van der Waals surface area contributed by atoms with E-state index in [1.807, 2.05) is 0 Å². The van der Waals surface area contributed by atoms with Gasteiger partial charge in [0.05, 0.1) is 26.4 Å². The maximum atomic E-state index is 12.6. The quantitative estimate of drug-likeness (QED) is 0.0480. The molecule has 6 rings (SSSR count). The van der Waals surface area contributed by atoms with Crippen LogP contribution in [0.3, 0.4) is 0 Å². The van der Waals surface area contributed by atoms with Gasteiger partial charge in [-0.25, -0.2) is 0 Å². The minimum atomic E-state index is -2.14. The second-order valence-electron chi connectivity index (χ2n) is 17.8. The van der Waals surface area contributed by atoms with Crippen molar-refractivity contribution in [2.75, 3.05) is 46.2 Å². The normalized spacial score (nSPS) is 44.3. The number of rotatable bonds is 22. The second kappa shape index (κ2) is 26.8. The summed E-state index contributed by atoms with van der Waals surface area (Å²) < 4.78 is 64.1. The van der Waals surface area contributed by atoms with E-state index in [4.69, 9.17) is 57.8 Å². The van der Waals surface area contributed by atoms with Crippen molar-refractivity contribution >= 4 is 5.91 Å². The highest BCUT2D eigenvalue weighted by Crippen LogP contribution is 2.36. The molecule has 28 nitrogen and oxygen atoms in total. The standard InChI is InChI=1S/C43H70N2O26/c1-17(50)45-24-37(70-41-31(57)28(54)25(51)19(12-46)64-41)26(52)20(13-47)63-39(24)71-38-27(53)21(14-48)65-43(34(38)60)68-35-22(15-49)66-42(33(59)30(35)56)69-36-23(16-62-18-8-4-2-5-9-18)67-40(32(58)29(36)55)61-11-7-3-6-10-44/h2,4-5,8-9,19-43,46-49,51-60H,3,6-7,10-16,44H2,1H3,(H,45,50)/t19?,20?,21?,22?,23?,24-,25-,26-,27-,28?,29?,30?,31-,32-,33-,34?,35-,36+,37?,38-,39-,40+,41-,42-,43+/m0/s1. The molecule has 1 aromatic rings. The maximum Gasteiger partial charge on any atom is 0.217 e. The molecular weight excluding hydrogens is 960 g/mol. The zero-order valence-electron chi connectivity index (χ0n) is 38.6. The summed E-state index contributed by atoms with van der Waals surface area (Å²) in [4.78, 5) is 12.6. The van der Waals surface area contributed by atoms with E-state index < -0.39 is 186 Å². The highest BCUT2D eigenvalue weighted by molar-refractivity contribution is 5.73. The molecule has 1 aromatic carbocycles. The third-order valence-electron chi connectivity index (χ3n) is 12.8. The first-order valence-electron chi connectivity index (χ1n) is 23.4. The van der Waals surface area contributed by atoms with Gasteiger partial charge in [0.2, 0.25) is 5.91 Å². The summed E-state index contributed by atoms with van der Waals surface area (Å²) in [7, 11) is 0. The van der Waals surface area contributed by atoms with Crippen molar-refractivity contribution in [3.8, 4) is 5.75 Å². The van der Waals surface area contributed by atoms with Crippen molar-refractivity contribution in [1.82, 2.24) is 5.32 Å². The van der Waals surface area contributed by atoms with Crippen LogP contribution in [-0.4, -0.2) is 277 Å². The fourth-order valence-electron chi connectivity index (χ4n) is 8.86. The summed E-state index contributed by atoms with van der Waals surface area (Å²) in [5, 5.41) is 154. The first kappa shape index (κ1) is 57.8. The van der Waals surface area contributed by atoms with Gasteiger partial charge in [-0.3, -0.25) is 4.79 Å². The Kier molecular flexibility index (Phi) is 21.8. The van der Waals surface area contributed by atoms with Crippen LogP contribution < -0.4 is 15.8 Å². The molecule has 25 atom stereocenters. The zero-order chi connectivity index (χ0) is 51.7. The van der Waals surface area contributed by atoms with Crippen molar-refractivity contribution in [3.63, 3.8) is 0 Å². The predicted octanol–water partition coefficient (Wildman–Crippen LogP) is -8.54. The van der Waals surface area contributed by atoms with Gasteiger partial charge in [0.1, 0.15) is 134 Å². The number of carbonyl (C=O) groups excluding carboxylic acids is 1. The number of nitrogens with two attached hydrogens (primary N) is 1. The Balaban J connectivity index is 1.18. The average molecular weight is 1030 g/mol. The molecule has 0 bridgehead atoms. The lowest BCUT2D eigenvalue weighted by Gasteiger charge is -2.50. The first-order valence-corrected chi connectivity index (χ1v) is 23.4. The molecule has 408 valence electrons. The number of benzene rings is 1. The molecule has 5 fully saturated rings. The number of amides is 1. The first-order chi connectivity index (χ1) is 34.0. The minimum Gasteiger partial charge on any atom is -0.491 e. The highest BCUT2D eigenvalue weighted by Gasteiger charge is 2.57. The van der Waals surface area contributed by atoms with Gasteiger partial charge in [0.15, 0.2) is 31.5 Å². The molecule has 5 aliphatic heterocycles. The third-order valence-corrected chi connectivity index (χ3v) is 12.8. The zero-order valence-corrected chi connectivity index (χ0v) is 38.6. The fraction of sp³-hybridized carbons (Fsp3) is 0.837. The van der Waals surface area contributed by atoms with Crippen molar-refractivity contribution in [2.45, 2.75) is 180 Å². The van der Waals surface area contributed by atoms with Gasteiger partial charge in [0, 0.05) is 13.5 Å². The Morgan fingerprint density at radius 3 is 1.55 bits per heavy atom. The van der Waals surface area contributed by atoms with E-state index in [1.54, 1.807) is 30.3 Å². The average Bonchev–Trinajstić information content (AvgIpc) is 3.36. The number of carbonyl (C=O) groups is 1. The highest BCUT2D eigenvalue weighted by atomic mass is 16.8. The number of nitrogens with one attached hydrogen (secondary N) is 1. The van der Waals surface area contributed by atoms with Crippen LogP contribution in [0.15, 0.2) is 30.3 Å². The maximum absolute atomic E-state index is 12.6. The lowest BCUT2D eigenvalue weighted by Crippen LogP contribution is -2.70. The number of ether oxygens (including phenoxy) is 11. The van der Waals surface area contributed by atoms with Gasteiger partial charge < -0.3 is 135 Å². The number of para-hydroxylation sites is 1. The molecule has 28 heteroatoms. The largest absolute Gasteiger partial charge is 0.491 e. The number of hydrogen-bond acceptors (Lipinski definition) is 27. The summed E-state index contributed by atoms with van der Waals surface area (Å²) in [6, 6.07) is 6.83. The predicted molar refractivity (Wildman–Crippen MR) is 230 cm³/mol. The van der Waals surface area contributed by atoms with Gasteiger partial charge in [-0.05, 0) is 37.9 Å². The van der Waals surface area contributed by atoms with E-state index in [1.165, 1.54) is 0 Å². The Hall–Kier alpha value is -2.51. The van der Waals surface area contributed by atoms with Crippen molar-refractivity contribution in [3.05, 3.63) is 30.3 Å². The summed E-state index contributed by atoms with van der Waals surface area (Å²) >= 11 is 0.